The van der Waals surface area contributed by atoms with Gasteiger partial charge in [-0.3, -0.25) is 4.79 Å². The molecule has 0 unspecified atom stereocenters. The average Bonchev–Trinajstić information content (AvgIpc) is 2.78. The summed E-state index contributed by atoms with van der Waals surface area (Å²) in [5.74, 6) is -1.62. The molecule has 1 N–H and O–H groups in total. The van der Waals surface area contributed by atoms with Crippen molar-refractivity contribution in [2.75, 3.05) is 0 Å². The lowest BCUT2D eigenvalue weighted by molar-refractivity contribution is 0.0702. The predicted molar refractivity (Wildman–Crippen MR) is 62.1 cm³/mol. The minimum atomic E-state index is -1.01. The predicted octanol–water partition coefficient (Wildman–Crippen LogP) is 3.06. The summed E-state index contributed by atoms with van der Waals surface area (Å²) in [6, 6.07) is 7.26. The second-order valence-electron chi connectivity index (χ2n) is 3.32. The van der Waals surface area contributed by atoms with Crippen molar-refractivity contribution in [3.8, 4) is 10.4 Å². The van der Waals surface area contributed by atoms with E-state index in [2.05, 4.69) is 0 Å². The highest BCUT2D eigenvalue weighted by molar-refractivity contribution is 7.17. The Morgan fingerprint density at radius 3 is 2.59 bits per heavy atom. The van der Waals surface area contributed by atoms with E-state index in [1.807, 2.05) is 0 Å². The number of carbonyl (C=O) groups excluding carboxylic acids is 1. The molecule has 0 saturated carbocycles. The van der Waals surface area contributed by atoms with E-state index in [-0.39, 0.29) is 10.4 Å². The Morgan fingerprint density at radius 1 is 1.29 bits per heavy atom. The summed E-state index contributed by atoms with van der Waals surface area (Å²) in [6.07, 6.45) is 0.441. The molecule has 17 heavy (non-hydrogen) atoms. The lowest BCUT2D eigenvalue weighted by atomic mass is 10.1. The first-order chi connectivity index (χ1) is 8.11. The van der Waals surface area contributed by atoms with Crippen LogP contribution in [0.3, 0.4) is 0 Å². The lowest BCUT2D eigenvalue weighted by Gasteiger charge is -1.99. The second-order valence-corrected chi connectivity index (χ2v) is 4.41. The van der Waals surface area contributed by atoms with Crippen LogP contribution in [0.2, 0.25) is 0 Å². The number of hydrogen-bond acceptors (Lipinski definition) is 3. The number of rotatable bonds is 3. The number of carbonyl (C=O) groups is 2. The van der Waals surface area contributed by atoms with E-state index in [9.17, 15) is 14.0 Å². The number of halogens is 1. The molecule has 0 aliphatic carbocycles. The third-order valence-electron chi connectivity index (χ3n) is 2.23. The molecule has 0 atom stereocenters. The summed E-state index contributed by atoms with van der Waals surface area (Å²) < 4.78 is 13.4. The first-order valence-electron chi connectivity index (χ1n) is 4.70. The third kappa shape index (κ3) is 2.24. The molecule has 2 rings (SSSR count). The number of carboxylic acid groups (broad SMARTS) is 1. The van der Waals surface area contributed by atoms with Crippen LogP contribution < -0.4 is 0 Å². The monoisotopic (exact) mass is 250 g/mol. The van der Waals surface area contributed by atoms with Gasteiger partial charge in [0.2, 0.25) is 0 Å². The Kier molecular flexibility index (Phi) is 3.01. The number of benzene rings is 1. The zero-order chi connectivity index (χ0) is 12.4. The minimum Gasteiger partial charge on any atom is -0.477 e. The number of carboxylic acids is 1. The van der Waals surface area contributed by atoms with Crippen LogP contribution in [0, 0.1) is 5.82 Å². The van der Waals surface area contributed by atoms with E-state index < -0.39 is 11.8 Å². The van der Waals surface area contributed by atoms with Crippen LogP contribution in [0.25, 0.3) is 10.4 Å². The minimum absolute atomic E-state index is 0.0104. The topological polar surface area (TPSA) is 54.4 Å². The van der Waals surface area contributed by atoms with Crippen molar-refractivity contribution in [2.24, 2.45) is 0 Å². The normalized spacial score (nSPS) is 10.2. The van der Waals surface area contributed by atoms with Crippen LogP contribution in [0.4, 0.5) is 4.39 Å². The summed E-state index contributed by atoms with van der Waals surface area (Å²) in [5.41, 5.74) is 0.550. The van der Waals surface area contributed by atoms with Crippen LogP contribution >= 0.6 is 11.3 Å². The fourth-order valence-corrected chi connectivity index (χ4v) is 2.23. The van der Waals surface area contributed by atoms with Gasteiger partial charge in [0.05, 0.1) is 5.56 Å². The van der Waals surface area contributed by atoms with Crippen molar-refractivity contribution in [1.82, 2.24) is 0 Å². The van der Waals surface area contributed by atoms with Gasteiger partial charge in [0.15, 0.2) is 6.29 Å². The molecule has 0 aliphatic rings. The lowest BCUT2D eigenvalue weighted by Crippen LogP contribution is -1.89. The van der Waals surface area contributed by atoms with E-state index in [1.54, 1.807) is 12.1 Å². The van der Waals surface area contributed by atoms with E-state index in [1.165, 1.54) is 18.2 Å². The van der Waals surface area contributed by atoms with Crippen molar-refractivity contribution < 1.29 is 19.1 Å². The zero-order valence-corrected chi connectivity index (χ0v) is 9.33. The Bertz CT molecular complexity index is 589. The van der Waals surface area contributed by atoms with Gasteiger partial charge in [0.1, 0.15) is 10.7 Å². The molecule has 86 valence electrons. The van der Waals surface area contributed by atoms with Gasteiger partial charge in [0.25, 0.3) is 0 Å². The Hall–Kier alpha value is -2.01. The van der Waals surface area contributed by atoms with Crippen molar-refractivity contribution in [3.05, 3.63) is 46.6 Å². The molecule has 1 aromatic heterocycles. The van der Waals surface area contributed by atoms with E-state index in [0.717, 1.165) is 11.3 Å². The molecule has 0 bridgehead atoms. The maximum atomic E-state index is 13.4. The zero-order valence-electron chi connectivity index (χ0n) is 8.51. The van der Waals surface area contributed by atoms with Crippen molar-refractivity contribution in [2.45, 2.75) is 0 Å². The maximum Gasteiger partial charge on any atom is 0.345 e. The van der Waals surface area contributed by atoms with Gasteiger partial charge in [0, 0.05) is 4.88 Å². The highest BCUT2D eigenvalue weighted by atomic mass is 32.1. The van der Waals surface area contributed by atoms with Crippen LogP contribution in [-0.2, 0) is 0 Å². The molecule has 0 fully saturated rings. The fraction of sp³-hybridized carbons (Fsp3) is 0. The summed E-state index contributed by atoms with van der Waals surface area (Å²) in [6.45, 7) is 0. The molecule has 3 nitrogen and oxygen atoms in total. The van der Waals surface area contributed by atoms with Crippen LogP contribution in [0.15, 0.2) is 30.3 Å². The summed E-state index contributed by atoms with van der Waals surface area (Å²) >= 11 is 1.06. The van der Waals surface area contributed by atoms with E-state index >= 15 is 0 Å². The highest BCUT2D eigenvalue weighted by Crippen LogP contribution is 2.29. The van der Waals surface area contributed by atoms with Crippen molar-refractivity contribution in [3.63, 3.8) is 0 Å². The smallest absolute Gasteiger partial charge is 0.345 e. The maximum absolute atomic E-state index is 13.4. The second kappa shape index (κ2) is 4.47. The summed E-state index contributed by atoms with van der Waals surface area (Å²) in [7, 11) is 0. The molecule has 0 saturated heterocycles. The molecule has 0 spiro atoms. The quantitative estimate of drug-likeness (QED) is 0.852. The van der Waals surface area contributed by atoms with Gasteiger partial charge in [-0.15, -0.1) is 11.3 Å². The molecular formula is C12H7FO3S. The SMILES string of the molecule is O=Cc1ccc(-c2ccc(C(=O)O)s2)cc1F. The molecular weight excluding hydrogens is 243 g/mol. The molecule has 1 heterocycles. The number of thiophene rings is 1. The molecule has 1 aromatic carbocycles. The number of hydrogen-bond donors (Lipinski definition) is 1. The van der Waals surface area contributed by atoms with Gasteiger partial charge >= 0.3 is 5.97 Å². The molecule has 5 heteroatoms. The molecule has 0 radical (unpaired) electrons. The van der Waals surface area contributed by atoms with Gasteiger partial charge in [-0.05, 0) is 29.8 Å². The van der Waals surface area contributed by atoms with Crippen LogP contribution in [-0.4, -0.2) is 17.4 Å². The summed E-state index contributed by atoms with van der Waals surface area (Å²) in [5, 5.41) is 8.77. The van der Waals surface area contributed by atoms with Crippen molar-refractivity contribution in [1.29, 1.82) is 0 Å². The average molecular weight is 250 g/mol. The largest absolute Gasteiger partial charge is 0.477 e. The Labute approximate surface area is 100 Å². The first kappa shape index (κ1) is 11.5. The standard InChI is InChI=1S/C12H7FO3S/c13-9-5-7(1-2-8(9)6-14)10-3-4-11(17-10)12(15)16/h1-6H,(H,15,16). The van der Waals surface area contributed by atoms with Crippen molar-refractivity contribution >= 4 is 23.6 Å². The molecule has 0 amide bonds. The van der Waals surface area contributed by atoms with Crippen LogP contribution in [0.5, 0.6) is 0 Å². The first-order valence-corrected chi connectivity index (χ1v) is 5.51. The molecule has 2 aromatic rings. The van der Waals surface area contributed by atoms with Gasteiger partial charge in [-0.2, -0.15) is 0 Å². The van der Waals surface area contributed by atoms with E-state index in [4.69, 9.17) is 5.11 Å². The number of aldehydes is 1. The molecule has 0 aliphatic heterocycles. The van der Waals surface area contributed by atoms with E-state index in [0.29, 0.717) is 16.7 Å². The fourth-order valence-electron chi connectivity index (χ4n) is 1.38. The van der Waals surface area contributed by atoms with Gasteiger partial charge in [-0.25, -0.2) is 9.18 Å². The number of aromatic carboxylic acids is 1. The van der Waals surface area contributed by atoms with Gasteiger partial charge < -0.3 is 5.11 Å². The summed E-state index contributed by atoms with van der Waals surface area (Å²) in [4.78, 5) is 22.0. The Balaban J connectivity index is 2.42. The Morgan fingerprint density at radius 2 is 2.06 bits per heavy atom. The van der Waals surface area contributed by atoms with Crippen LogP contribution in [0.1, 0.15) is 20.0 Å². The third-order valence-corrected chi connectivity index (χ3v) is 3.35. The highest BCUT2D eigenvalue weighted by Gasteiger charge is 2.10. The van der Waals surface area contributed by atoms with Gasteiger partial charge in [-0.1, -0.05) is 6.07 Å².